The quantitative estimate of drug-likeness (QED) is 0.523. The molecule has 0 bridgehead atoms. The first-order valence-electron chi connectivity index (χ1n) is 8.39. The second-order valence-electron chi connectivity index (χ2n) is 5.77. The topological polar surface area (TPSA) is 79.8 Å². The SMILES string of the molecule is COc1ccc(C(=O)NCC(=O)N/N=C/c2cccc3ccccc23)cc1. The summed E-state index contributed by atoms with van der Waals surface area (Å²) in [6.07, 6.45) is 1.59. The summed E-state index contributed by atoms with van der Waals surface area (Å²) < 4.78 is 5.04. The van der Waals surface area contributed by atoms with Crippen molar-refractivity contribution in [1.29, 1.82) is 0 Å². The third kappa shape index (κ3) is 4.70. The molecule has 3 aromatic rings. The lowest BCUT2D eigenvalue weighted by Crippen LogP contribution is -2.34. The van der Waals surface area contributed by atoms with E-state index >= 15 is 0 Å². The first-order chi connectivity index (χ1) is 13.2. The van der Waals surface area contributed by atoms with E-state index in [4.69, 9.17) is 4.74 Å². The zero-order valence-electron chi connectivity index (χ0n) is 14.8. The van der Waals surface area contributed by atoms with Gasteiger partial charge in [-0.2, -0.15) is 5.10 Å². The standard InChI is InChI=1S/C21H19N3O3/c1-27-18-11-9-16(10-12-18)21(26)22-14-20(25)24-23-13-17-7-4-6-15-5-2-3-8-19(15)17/h2-13H,14H2,1H3,(H,22,26)(H,24,25)/b23-13+. The van der Waals surface area contributed by atoms with Crippen LogP contribution in [0.5, 0.6) is 5.75 Å². The molecular weight excluding hydrogens is 342 g/mol. The Morgan fingerprint density at radius 3 is 2.52 bits per heavy atom. The smallest absolute Gasteiger partial charge is 0.259 e. The third-order valence-electron chi connectivity index (χ3n) is 3.98. The molecular formula is C21H19N3O3. The van der Waals surface area contributed by atoms with Crippen LogP contribution in [-0.2, 0) is 4.79 Å². The van der Waals surface area contributed by atoms with Crippen molar-refractivity contribution in [1.82, 2.24) is 10.7 Å². The van der Waals surface area contributed by atoms with Gasteiger partial charge < -0.3 is 10.1 Å². The normalized spacial score (nSPS) is 10.7. The van der Waals surface area contributed by atoms with E-state index in [1.807, 2.05) is 42.5 Å². The molecule has 0 aliphatic heterocycles. The van der Waals surface area contributed by atoms with Gasteiger partial charge in [-0.05, 0) is 35.0 Å². The Bertz CT molecular complexity index is 976. The largest absolute Gasteiger partial charge is 0.497 e. The number of benzene rings is 3. The first-order valence-corrected chi connectivity index (χ1v) is 8.39. The predicted octanol–water partition coefficient (Wildman–Crippen LogP) is 2.73. The molecule has 0 atom stereocenters. The van der Waals surface area contributed by atoms with Crippen molar-refractivity contribution < 1.29 is 14.3 Å². The summed E-state index contributed by atoms with van der Waals surface area (Å²) in [6.45, 7) is -0.169. The number of hydrazone groups is 1. The molecule has 6 nitrogen and oxygen atoms in total. The highest BCUT2D eigenvalue weighted by atomic mass is 16.5. The Hall–Kier alpha value is -3.67. The van der Waals surface area contributed by atoms with Crippen molar-refractivity contribution in [3.05, 3.63) is 77.9 Å². The van der Waals surface area contributed by atoms with E-state index in [0.29, 0.717) is 11.3 Å². The molecule has 6 heteroatoms. The number of hydrogen-bond donors (Lipinski definition) is 2. The number of methoxy groups -OCH3 is 1. The third-order valence-corrected chi connectivity index (χ3v) is 3.98. The number of carbonyl (C=O) groups excluding carboxylic acids is 2. The minimum absolute atomic E-state index is 0.169. The van der Waals surface area contributed by atoms with Gasteiger partial charge in [-0.15, -0.1) is 0 Å². The fraction of sp³-hybridized carbons (Fsp3) is 0.0952. The van der Waals surface area contributed by atoms with Gasteiger partial charge in [0.2, 0.25) is 0 Å². The van der Waals surface area contributed by atoms with Crippen LogP contribution in [0.1, 0.15) is 15.9 Å². The van der Waals surface area contributed by atoms with Crippen molar-refractivity contribution in [3.63, 3.8) is 0 Å². The molecule has 3 aromatic carbocycles. The summed E-state index contributed by atoms with van der Waals surface area (Å²) >= 11 is 0. The number of fused-ring (bicyclic) bond motifs is 1. The van der Waals surface area contributed by atoms with Crippen molar-refractivity contribution >= 4 is 28.8 Å². The number of amides is 2. The molecule has 27 heavy (non-hydrogen) atoms. The van der Waals surface area contributed by atoms with Crippen LogP contribution in [0.3, 0.4) is 0 Å². The van der Waals surface area contributed by atoms with E-state index in [2.05, 4.69) is 15.8 Å². The van der Waals surface area contributed by atoms with Gasteiger partial charge in [0.25, 0.3) is 11.8 Å². The molecule has 0 aromatic heterocycles. The van der Waals surface area contributed by atoms with E-state index in [1.165, 1.54) is 0 Å². The van der Waals surface area contributed by atoms with Gasteiger partial charge in [-0.1, -0.05) is 42.5 Å². The molecule has 0 aliphatic rings. The van der Waals surface area contributed by atoms with Gasteiger partial charge in [-0.3, -0.25) is 9.59 Å². The van der Waals surface area contributed by atoms with E-state index in [-0.39, 0.29) is 12.5 Å². The van der Waals surface area contributed by atoms with E-state index in [0.717, 1.165) is 16.3 Å². The lowest BCUT2D eigenvalue weighted by atomic mass is 10.1. The molecule has 0 saturated carbocycles. The highest BCUT2D eigenvalue weighted by Gasteiger charge is 2.07. The molecule has 0 heterocycles. The predicted molar refractivity (Wildman–Crippen MR) is 105 cm³/mol. The fourth-order valence-corrected chi connectivity index (χ4v) is 2.58. The van der Waals surface area contributed by atoms with Gasteiger partial charge in [0.1, 0.15) is 5.75 Å². The maximum absolute atomic E-state index is 12.0. The summed E-state index contributed by atoms with van der Waals surface area (Å²) in [5, 5.41) is 8.67. The molecule has 0 radical (unpaired) electrons. The zero-order valence-corrected chi connectivity index (χ0v) is 14.8. The number of nitrogens with one attached hydrogen (secondary N) is 2. The molecule has 136 valence electrons. The molecule has 0 spiro atoms. The van der Waals surface area contributed by atoms with Crippen LogP contribution in [0, 0.1) is 0 Å². The molecule has 0 aliphatic carbocycles. The molecule has 2 N–H and O–H groups in total. The van der Waals surface area contributed by atoms with Crippen LogP contribution in [0.15, 0.2) is 71.8 Å². The average Bonchev–Trinajstić information content (AvgIpc) is 2.72. The maximum atomic E-state index is 12.0. The second kappa shape index (κ2) is 8.62. The summed E-state index contributed by atoms with van der Waals surface area (Å²) in [6, 6.07) is 20.4. The fourth-order valence-electron chi connectivity index (χ4n) is 2.58. The Kier molecular flexibility index (Phi) is 5.79. The Morgan fingerprint density at radius 2 is 1.74 bits per heavy atom. The van der Waals surface area contributed by atoms with Gasteiger partial charge in [0.05, 0.1) is 19.9 Å². The van der Waals surface area contributed by atoms with Crippen molar-refractivity contribution in [3.8, 4) is 5.75 Å². The van der Waals surface area contributed by atoms with E-state index in [9.17, 15) is 9.59 Å². The highest BCUT2D eigenvalue weighted by molar-refractivity contribution is 6.00. The van der Waals surface area contributed by atoms with Crippen LogP contribution in [0.2, 0.25) is 0 Å². The monoisotopic (exact) mass is 361 g/mol. The van der Waals surface area contributed by atoms with Crippen LogP contribution < -0.4 is 15.5 Å². The van der Waals surface area contributed by atoms with E-state index < -0.39 is 5.91 Å². The van der Waals surface area contributed by atoms with Crippen LogP contribution >= 0.6 is 0 Å². The Labute approximate surface area is 156 Å². The summed E-state index contributed by atoms with van der Waals surface area (Å²) in [7, 11) is 1.55. The molecule has 0 saturated heterocycles. The summed E-state index contributed by atoms with van der Waals surface area (Å²) in [5.74, 6) is -0.0914. The Morgan fingerprint density at radius 1 is 1.00 bits per heavy atom. The first kappa shape index (κ1) is 18.1. The molecule has 0 unspecified atom stereocenters. The minimum atomic E-state index is -0.409. The second-order valence-corrected chi connectivity index (χ2v) is 5.77. The number of nitrogens with zero attached hydrogens (tertiary/aromatic N) is 1. The minimum Gasteiger partial charge on any atom is -0.497 e. The van der Waals surface area contributed by atoms with Crippen LogP contribution in [0.4, 0.5) is 0 Å². The lowest BCUT2D eigenvalue weighted by Gasteiger charge is -2.05. The highest BCUT2D eigenvalue weighted by Crippen LogP contribution is 2.16. The Balaban J connectivity index is 1.53. The van der Waals surface area contributed by atoms with Gasteiger partial charge in [0, 0.05) is 11.1 Å². The van der Waals surface area contributed by atoms with Crippen molar-refractivity contribution in [2.75, 3.05) is 13.7 Å². The van der Waals surface area contributed by atoms with Gasteiger partial charge in [-0.25, -0.2) is 5.43 Å². The number of hydrogen-bond acceptors (Lipinski definition) is 4. The number of rotatable bonds is 6. The molecule has 2 amide bonds. The average molecular weight is 361 g/mol. The maximum Gasteiger partial charge on any atom is 0.259 e. The summed E-state index contributed by atoms with van der Waals surface area (Å²) in [4.78, 5) is 23.9. The number of carbonyl (C=O) groups is 2. The van der Waals surface area contributed by atoms with Crippen LogP contribution in [-0.4, -0.2) is 31.7 Å². The van der Waals surface area contributed by atoms with Crippen molar-refractivity contribution in [2.45, 2.75) is 0 Å². The molecule has 3 rings (SSSR count). The summed E-state index contributed by atoms with van der Waals surface area (Å²) in [5.41, 5.74) is 3.76. The number of ether oxygens (including phenoxy) is 1. The van der Waals surface area contributed by atoms with Crippen LogP contribution in [0.25, 0.3) is 10.8 Å². The molecule has 0 fully saturated rings. The zero-order chi connectivity index (χ0) is 19.1. The van der Waals surface area contributed by atoms with E-state index in [1.54, 1.807) is 37.6 Å². The van der Waals surface area contributed by atoms with Gasteiger partial charge >= 0.3 is 0 Å². The van der Waals surface area contributed by atoms with Crippen molar-refractivity contribution in [2.24, 2.45) is 5.10 Å². The lowest BCUT2D eigenvalue weighted by molar-refractivity contribution is -0.120. The van der Waals surface area contributed by atoms with Gasteiger partial charge in [0.15, 0.2) is 0 Å².